The third-order valence-electron chi connectivity index (χ3n) is 4.38. The van der Waals surface area contributed by atoms with E-state index in [0.29, 0.717) is 17.8 Å². The molecule has 1 aromatic heterocycles. The van der Waals surface area contributed by atoms with Crippen LogP contribution in [0, 0.1) is 13.8 Å². The van der Waals surface area contributed by atoms with E-state index >= 15 is 0 Å². The molecule has 0 saturated carbocycles. The third-order valence-corrected chi connectivity index (χ3v) is 4.38. The molecule has 1 aliphatic heterocycles. The Kier molecular flexibility index (Phi) is 4.76. The van der Waals surface area contributed by atoms with Crippen LogP contribution in [0.4, 0.5) is 0 Å². The summed E-state index contributed by atoms with van der Waals surface area (Å²) in [5, 5.41) is 9.27. The summed E-state index contributed by atoms with van der Waals surface area (Å²) in [5.41, 5.74) is 6.17. The van der Waals surface area contributed by atoms with Crippen LogP contribution >= 0.6 is 0 Å². The summed E-state index contributed by atoms with van der Waals surface area (Å²) in [5.74, 6) is -0.915. The monoisotopic (exact) mass is 322 g/mol. The third kappa shape index (κ3) is 3.71. The first-order valence-electron chi connectivity index (χ1n) is 8.20. The van der Waals surface area contributed by atoms with Crippen LogP contribution in [0.2, 0.25) is 0 Å². The molecule has 2 heterocycles. The lowest BCUT2D eigenvalue weighted by atomic mass is 9.96. The molecule has 0 saturated heterocycles. The summed E-state index contributed by atoms with van der Waals surface area (Å²) in [7, 11) is 0. The number of carboxylic acids is 1. The highest BCUT2D eigenvalue weighted by Crippen LogP contribution is 2.25. The Hall–Kier alpha value is -2.46. The van der Waals surface area contributed by atoms with E-state index in [1.54, 1.807) is 18.3 Å². The zero-order chi connectivity index (χ0) is 17.1. The maximum Gasteiger partial charge on any atom is 0.337 e. The summed E-state index contributed by atoms with van der Waals surface area (Å²) < 4.78 is 0. The number of aromatic carboxylic acids is 1. The van der Waals surface area contributed by atoms with E-state index in [1.165, 1.54) is 22.3 Å². The summed E-state index contributed by atoms with van der Waals surface area (Å²) in [6, 6.07) is 9.94. The first-order valence-corrected chi connectivity index (χ1v) is 8.20. The normalized spacial score (nSPS) is 15.2. The van der Waals surface area contributed by atoms with Gasteiger partial charge in [-0.2, -0.15) is 0 Å². The lowest BCUT2D eigenvalue weighted by Crippen LogP contribution is -2.29. The Balaban J connectivity index is 1.73. The van der Waals surface area contributed by atoms with E-state index in [9.17, 15) is 9.90 Å². The van der Waals surface area contributed by atoms with Crippen LogP contribution in [-0.4, -0.2) is 34.0 Å². The topological polar surface area (TPSA) is 53.4 Å². The summed E-state index contributed by atoms with van der Waals surface area (Å²) in [4.78, 5) is 17.8. The highest BCUT2D eigenvalue weighted by molar-refractivity contribution is 5.88. The molecule has 0 unspecified atom stereocenters. The molecule has 0 atom stereocenters. The van der Waals surface area contributed by atoms with Gasteiger partial charge in [0.25, 0.3) is 0 Å². The zero-order valence-corrected chi connectivity index (χ0v) is 14.1. The average molecular weight is 322 g/mol. The van der Waals surface area contributed by atoms with E-state index < -0.39 is 5.97 Å². The molecule has 124 valence electrons. The van der Waals surface area contributed by atoms with E-state index in [4.69, 9.17) is 0 Å². The van der Waals surface area contributed by atoms with Crippen molar-refractivity contribution in [1.82, 2.24) is 9.88 Å². The van der Waals surface area contributed by atoms with E-state index in [-0.39, 0.29) is 0 Å². The number of pyridine rings is 1. The van der Waals surface area contributed by atoms with Crippen molar-refractivity contribution in [3.05, 3.63) is 70.6 Å². The minimum atomic E-state index is -0.915. The molecule has 1 aromatic carbocycles. The highest BCUT2D eigenvalue weighted by atomic mass is 16.4. The Bertz CT molecular complexity index is 776. The van der Waals surface area contributed by atoms with Crippen LogP contribution in [0.25, 0.3) is 5.57 Å². The standard InChI is InChI=1S/C20H22N2O2/c1-14-10-15(2)12-17(11-14)16-5-8-22(9-6-16)13-19-18(20(23)24)4-3-7-21-19/h3-5,7,10-12H,6,8-9,13H2,1-2H3,(H,23,24). The largest absolute Gasteiger partial charge is 0.478 e. The first kappa shape index (κ1) is 16.4. The van der Waals surface area contributed by atoms with E-state index in [2.05, 4.69) is 48.0 Å². The molecule has 0 spiro atoms. The van der Waals surface area contributed by atoms with Crippen LogP contribution in [0.3, 0.4) is 0 Å². The molecule has 1 aliphatic rings. The summed E-state index contributed by atoms with van der Waals surface area (Å²) in [6.45, 7) is 6.55. The molecule has 0 radical (unpaired) electrons. The molecule has 24 heavy (non-hydrogen) atoms. The van der Waals surface area contributed by atoms with E-state index in [0.717, 1.165) is 19.5 Å². The van der Waals surface area contributed by atoms with Gasteiger partial charge in [-0.05, 0) is 43.5 Å². The Morgan fingerprint density at radius 2 is 2.00 bits per heavy atom. The van der Waals surface area contributed by atoms with Crippen LogP contribution in [0.5, 0.6) is 0 Å². The van der Waals surface area contributed by atoms with Gasteiger partial charge in [-0.3, -0.25) is 9.88 Å². The number of hydrogen-bond acceptors (Lipinski definition) is 3. The van der Waals surface area contributed by atoms with Gasteiger partial charge in [0.15, 0.2) is 0 Å². The van der Waals surface area contributed by atoms with Crippen LogP contribution in [0.1, 0.15) is 39.2 Å². The molecule has 4 heteroatoms. The van der Waals surface area contributed by atoms with Crippen molar-refractivity contribution in [1.29, 1.82) is 0 Å². The number of benzene rings is 1. The molecule has 4 nitrogen and oxygen atoms in total. The number of carbonyl (C=O) groups is 1. The second-order valence-corrected chi connectivity index (χ2v) is 6.39. The fourth-order valence-electron chi connectivity index (χ4n) is 3.25. The number of hydrogen-bond donors (Lipinski definition) is 1. The van der Waals surface area contributed by atoms with Crippen molar-refractivity contribution in [2.45, 2.75) is 26.8 Å². The molecule has 2 aromatic rings. The second-order valence-electron chi connectivity index (χ2n) is 6.39. The molecular weight excluding hydrogens is 300 g/mol. The van der Waals surface area contributed by atoms with Crippen molar-refractivity contribution >= 4 is 11.5 Å². The maximum absolute atomic E-state index is 11.3. The smallest absolute Gasteiger partial charge is 0.337 e. The second kappa shape index (κ2) is 6.97. The SMILES string of the molecule is Cc1cc(C)cc(C2=CCN(Cc3ncccc3C(=O)O)CC2)c1. The van der Waals surface area contributed by atoms with Crippen LogP contribution in [-0.2, 0) is 6.54 Å². The van der Waals surface area contributed by atoms with Gasteiger partial charge in [0.1, 0.15) is 0 Å². The maximum atomic E-state index is 11.3. The summed E-state index contributed by atoms with van der Waals surface area (Å²) in [6.07, 6.45) is 4.88. The van der Waals surface area contributed by atoms with Crippen LogP contribution < -0.4 is 0 Å². The quantitative estimate of drug-likeness (QED) is 0.933. The minimum absolute atomic E-state index is 0.293. The zero-order valence-electron chi connectivity index (χ0n) is 14.1. The van der Waals surface area contributed by atoms with Crippen molar-refractivity contribution in [2.24, 2.45) is 0 Å². The fraction of sp³-hybridized carbons (Fsp3) is 0.300. The fourth-order valence-corrected chi connectivity index (χ4v) is 3.25. The molecule has 0 fully saturated rings. The van der Waals surface area contributed by atoms with Gasteiger partial charge in [0, 0.05) is 25.8 Å². The molecular formula is C20H22N2O2. The molecule has 1 N–H and O–H groups in total. The number of aromatic nitrogens is 1. The van der Waals surface area contributed by atoms with Gasteiger partial charge in [0.05, 0.1) is 11.3 Å². The minimum Gasteiger partial charge on any atom is -0.478 e. The van der Waals surface area contributed by atoms with Crippen molar-refractivity contribution in [2.75, 3.05) is 13.1 Å². The predicted molar refractivity (Wildman–Crippen MR) is 95.0 cm³/mol. The van der Waals surface area contributed by atoms with Gasteiger partial charge < -0.3 is 5.11 Å². The van der Waals surface area contributed by atoms with Gasteiger partial charge in [-0.15, -0.1) is 0 Å². The van der Waals surface area contributed by atoms with Gasteiger partial charge in [-0.1, -0.05) is 35.4 Å². The lowest BCUT2D eigenvalue weighted by molar-refractivity contribution is 0.0694. The first-order chi connectivity index (χ1) is 11.5. The highest BCUT2D eigenvalue weighted by Gasteiger charge is 2.17. The molecule has 3 rings (SSSR count). The summed E-state index contributed by atoms with van der Waals surface area (Å²) >= 11 is 0. The van der Waals surface area contributed by atoms with Gasteiger partial charge >= 0.3 is 5.97 Å². The molecule has 0 aliphatic carbocycles. The Morgan fingerprint density at radius 1 is 1.25 bits per heavy atom. The van der Waals surface area contributed by atoms with Crippen molar-refractivity contribution in [3.8, 4) is 0 Å². The van der Waals surface area contributed by atoms with Gasteiger partial charge in [-0.25, -0.2) is 4.79 Å². The van der Waals surface area contributed by atoms with Crippen molar-refractivity contribution in [3.63, 3.8) is 0 Å². The van der Waals surface area contributed by atoms with Crippen LogP contribution in [0.15, 0.2) is 42.6 Å². The van der Waals surface area contributed by atoms with Gasteiger partial charge in [0.2, 0.25) is 0 Å². The molecule has 0 amide bonds. The predicted octanol–water partition coefficient (Wildman–Crippen LogP) is 3.69. The van der Waals surface area contributed by atoms with E-state index in [1.807, 2.05) is 0 Å². The Morgan fingerprint density at radius 3 is 2.62 bits per heavy atom. The lowest BCUT2D eigenvalue weighted by Gasteiger charge is -2.26. The van der Waals surface area contributed by atoms with Crippen molar-refractivity contribution < 1.29 is 9.90 Å². The number of rotatable bonds is 4. The number of nitrogens with zero attached hydrogens (tertiary/aromatic N) is 2. The average Bonchev–Trinajstić information content (AvgIpc) is 2.55. The molecule has 0 bridgehead atoms. The number of aryl methyl sites for hydroxylation is 2. The Labute approximate surface area is 142 Å². The number of carboxylic acid groups (broad SMARTS) is 1.